The standard InChI is InChI=1S/C25H31N6O8P/c1-5-13(2)17-24(32)39-40(30-17,37-14-8-6-7-9-15(14)38-40)33-10-16-19-20(36-25(3,4)35-19)23(34-16)31-12-29-18-21(26)27-11-28-22(18)31/h6-9,11-13,16-17,19-20,23,30H,5,10H2,1-4H3,(H2,26,27,28)/t13?,16-,17?,19-,20-,23-/m1/s1. The summed E-state index contributed by atoms with van der Waals surface area (Å²) >= 11 is 0. The number of nitrogens with zero attached hydrogens (tertiary/aromatic N) is 4. The van der Waals surface area contributed by atoms with Gasteiger partial charge in [0.2, 0.25) is 0 Å². The van der Waals surface area contributed by atoms with E-state index in [0.717, 1.165) is 6.42 Å². The molecule has 14 nitrogen and oxygen atoms in total. The zero-order valence-corrected chi connectivity index (χ0v) is 23.3. The molecular formula is C25H31N6O8P. The quantitative estimate of drug-likeness (QED) is 0.413. The van der Waals surface area contributed by atoms with Gasteiger partial charge < -0.3 is 0 Å². The minimum atomic E-state index is -4.65. The van der Waals surface area contributed by atoms with Gasteiger partial charge in [0.15, 0.2) is 0 Å². The number of rotatable bonds is 6. The van der Waals surface area contributed by atoms with E-state index in [1.54, 1.807) is 35.2 Å². The van der Waals surface area contributed by atoms with Gasteiger partial charge in [-0.05, 0) is 0 Å². The molecule has 4 aliphatic heterocycles. The molecule has 1 aromatic carbocycles. The normalized spacial score (nSPS) is 32.5. The van der Waals surface area contributed by atoms with Gasteiger partial charge in [-0.2, -0.15) is 0 Å². The molecule has 1 spiro atoms. The van der Waals surface area contributed by atoms with E-state index in [4.69, 9.17) is 38.0 Å². The second-order valence-electron chi connectivity index (χ2n) is 10.9. The summed E-state index contributed by atoms with van der Waals surface area (Å²) in [4.78, 5) is 25.9. The van der Waals surface area contributed by atoms with E-state index in [-0.39, 0.29) is 18.3 Å². The Balaban J connectivity index is 1.21. The fourth-order valence-corrected chi connectivity index (χ4v) is 8.68. The SMILES string of the molecule is CCC(C)C1NP2(OC[C@H]3O[C@@H](n4cnc5c(N)ncnc54)[C@@H]4OC(C)(C)O[C@@H]43)(OC1=O)Oc1ccccc1O2. The average Bonchev–Trinajstić information content (AvgIpc) is 3.69. The second kappa shape index (κ2) is 8.68. The molecule has 3 aromatic rings. The molecular weight excluding hydrogens is 543 g/mol. The number of anilines is 1. The molecule has 3 saturated heterocycles. The first-order valence-corrected chi connectivity index (χ1v) is 15.1. The van der Waals surface area contributed by atoms with Gasteiger partial charge in [0, 0.05) is 0 Å². The number of hydrogen-bond acceptors (Lipinski definition) is 13. The molecule has 2 unspecified atom stereocenters. The molecule has 2 aromatic heterocycles. The summed E-state index contributed by atoms with van der Waals surface area (Å²) in [6.07, 6.45) is 1.29. The Morgan fingerprint density at radius 1 is 1.12 bits per heavy atom. The Morgan fingerprint density at radius 3 is 2.58 bits per heavy atom. The van der Waals surface area contributed by atoms with Crippen LogP contribution in [0.25, 0.3) is 11.2 Å². The zero-order valence-electron chi connectivity index (χ0n) is 22.4. The molecule has 0 aliphatic carbocycles. The number of benzene rings is 1. The first-order valence-electron chi connectivity index (χ1n) is 13.2. The molecule has 4 aliphatic rings. The fraction of sp³-hybridized carbons (Fsp3) is 0.520. The van der Waals surface area contributed by atoms with Crippen molar-refractivity contribution in [3.63, 3.8) is 0 Å². The van der Waals surface area contributed by atoms with Gasteiger partial charge in [0.25, 0.3) is 0 Å². The van der Waals surface area contributed by atoms with Gasteiger partial charge in [-0.3, -0.25) is 0 Å². The second-order valence-corrected chi connectivity index (χ2v) is 13.5. The number of ether oxygens (including phenoxy) is 3. The summed E-state index contributed by atoms with van der Waals surface area (Å²) in [6, 6.07) is 6.40. The number of carbonyl (C=O) groups is 1. The number of nitrogens with one attached hydrogen (secondary N) is 1. The molecule has 40 heavy (non-hydrogen) atoms. The number of carbonyl (C=O) groups excluding carboxylic acids is 1. The van der Waals surface area contributed by atoms with Crippen molar-refractivity contribution < 1.29 is 37.1 Å². The number of fused-ring (bicyclic) bond motifs is 3. The van der Waals surface area contributed by atoms with Crippen LogP contribution in [0.2, 0.25) is 0 Å². The molecule has 0 bridgehead atoms. The number of para-hydroxylation sites is 2. The molecule has 214 valence electrons. The van der Waals surface area contributed by atoms with Gasteiger partial charge in [0.05, 0.1) is 0 Å². The number of nitrogens with two attached hydrogens (primary N) is 1. The van der Waals surface area contributed by atoms with E-state index in [9.17, 15) is 4.79 Å². The Hall–Kier alpha value is -3.13. The molecule has 7 rings (SSSR count). The van der Waals surface area contributed by atoms with Crippen LogP contribution in [0.1, 0.15) is 40.3 Å². The van der Waals surface area contributed by atoms with Crippen LogP contribution in [0, 0.1) is 5.92 Å². The minimum absolute atomic E-state index is 0.0543. The Morgan fingerprint density at radius 2 is 1.85 bits per heavy atom. The predicted molar refractivity (Wildman–Crippen MR) is 141 cm³/mol. The van der Waals surface area contributed by atoms with Crippen molar-refractivity contribution in [2.24, 2.45) is 5.92 Å². The third-order valence-electron chi connectivity index (χ3n) is 7.67. The molecule has 0 radical (unpaired) electrons. The van der Waals surface area contributed by atoms with Crippen molar-refractivity contribution in [1.82, 2.24) is 24.6 Å². The monoisotopic (exact) mass is 574 g/mol. The molecule has 0 amide bonds. The molecule has 0 saturated carbocycles. The third-order valence-corrected chi connectivity index (χ3v) is 10.5. The Bertz CT molecular complexity index is 1480. The molecule has 3 N–H and O–H groups in total. The van der Waals surface area contributed by atoms with Crippen LogP contribution in [0.3, 0.4) is 0 Å². The summed E-state index contributed by atoms with van der Waals surface area (Å²) in [7, 11) is -4.65. The summed E-state index contributed by atoms with van der Waals surface area (Å²) in [5.74, 6) is -0.348. The molecule has 6 atom stereocenters. The first-order chi connectivity index (χ1) is 19.1. The van der Waals surface area contributed by atoms with Gasteiger partial charge in [-0.15, -0.1) is 0 Å². The van der Waals surface area contributed by atoms with Gasteiger partial charge >= 0.3 is 229 Å². The van der Waals surface area contributed by atoms with Crippen molar-refractivity contribution in [2.45, 2.75) is 70.5 Å². The molecule has 6 heterocycles. The van der Waals surface area contributed by atoms with Crippen LogP contribution < -0.4 is 19.9 Å². The van der Waals surface area contributed by atoms with Crippen LogP contribution in [0.5, 0.6) is 11.5 Å². The first kappa shape index (κ1) is 25.8. The van der Waals surface area contributed by atoms with E-state index in [2.05, 4.69) is 20.0 Å². The molecule has 15 heteroatoms. The summed E-state index contributed by atoms with van der Waals surface area (Å²) in [5, 5.41) is 3.21. The summed E-state index contributed by atoms with van der Waals surface area (Å²) < 4.78 is 45.7. The van der Waals surface area contributed by atoms with Crippen LogP contribution in [-0.4, -0.2) is 62.2 Å². The van der Waals surface area contributed by atoms with Crippen molar-refractivity contribution in [3.8, 4) is 11.5 Å². The van der Waals surface area contributed by atoms with Crippen molar-refractivity contribution >= 4 is 30.6 Å². The Kier molecular flexibility index (Phi) is 5.60. The van der Waals surface area contributed by atoms with Gasteiger partial charge in [-0.1, -0.05) is 0 Å². The van der Waals surface area contributed by atoms with E-state index in [1.807, 2.05) is 27.7 Å². The maximum atomic E-state index is 13.1. The van der Waals surface area contributed by atoms with E-state index in [1.165, 1.54) is 6.33 Å². The number of hydrogen-bond donors (Lipinski definition) is 2. The van der Waals surface area contributed by atoms with Crippen LogP contribution in [0.4, 0.5) is 5.82 Å². The van der Waals surface area contributed by atoms with Gasteiger partial charge in [-0.25, -0.2) is 0 Å². The number of aromatic nitrogens is 4. The topological polar surface area (TPSA) is 163 Å². The van der Waals surface area contributed by atoms with Crippen LogP contribution >= 0.6 is 7.66 Å². The maximum absolute atomic E-state index is 13.1. The Labute approximate surface area is 229 Å². The predicted octanol–water partition coefficient (Wildman–Crippen LogP) is 3.00. The van der Waals surface area contributed by atoms with E-state index >= 15 is 0 Å². The summed E-state index contributed by atoms with van der Waals surface area (Å²) in [5.41, 5.74) is 6.95. The summed E-state index contributed by atoms with van der Waals surface area (Å²) in [6.45, 7) is 7.51. The van der Waals surface area contributed by atoms with E-state index in [0.29, 0.717) is 22.7 Å². The van der Waals surface area contributed by atoms with Crippen molar-refractivity contribution in [1.29, 1.82) is 0 Å². The van der Waals surface area contributed by atoms with Crippen LogP contribution in [0.15, 0.2) is 36.9 Å². The van der Waals surface area contributed by atoms with Crippen molar-refractivity contribution in [3.05, 3.63) is 36.9 Å². The van der Waals surface area contributed by atoms with Crippen LogP contribution in [-0.2, 0) is 28.1 Å². The van der Waals surface area contributed by atoms with Gasteiger partial charge in [0.1, 0.15) is 0 Å². The van der Waals surface area contributed by atoms with E-state index < -0.39 is 50.0 Å². The van der Waals surface area contributed by atoms with Crippen molar-refractivity contribution in [2.75, 3.05) is 12.3 Å². The molecule has 3 fully saturated rings. The average molecular weight is 575 g/mol. The third kappa shape index (κ3) is 3.85. The zero-order chi connectivity index (χ0) is 27.9. The fourth-order valence-electron chi connectivity index (χ4n) is 5.55. The number of imidazole rings is 1. The number of nitrogen functional groups attached to an aromatic ring is 1.